The largest absolute Gasteiger partial charge is 0.292 e. The Labute approximate surface area is 93.9 Å². The number of thiophene rings is 1. The molecule has 0 aromatic carbocycles. The molecular formula is C11H16OS2. The van der Waals surface area contributed by atoms with Crippen LogP contribution < -0.4 is 0 Å². The van der Waals surface area contributed by atoms with Crippen LogP contribution >= 0.6 is 23.1 Å². The highest BCUT2D eigenvalue weighted by atomic mass is 32.2. The van der Waals surface area contributed by atoms with Gasteiger partial charge in [-0.1, -0.05) is 13.8 Å². The van der Waals surface area contributed by atoms with Crippen LogP contribution in [0, 0.1) is 0 Å². The average Bonchev–Trinajstić information content (AvgIpc) is 2.66. The van der Waals surface area contributed by atoms with Gasteiger partial charge in [0.05, 0.1) is 10.6 Å². The van der Waals surface area contributed by atoms with Crippen LogP contribution in [0.2, 0.25) is 0 Å². The molecule has 0 bridgehead atoms. The van der Waals surface area contributed by atoms with Gasteiger partial charge < -0.3 is 0 Å². The van der Waals surface area contributed by atoms with Gasteiger partial charge >= 0.3 is 0 Å². The highest BCUT2D eigenvalue weighted by Crippen LogP contribution is 2.19. The molecule has 1 aromatic heterocycles. The Kier molecular flexibility index (Phi) is 5.26. The van der Waals surface area contributed by atoms with E-state index < -0.39 is 0 Å². The lowest BCUT2D eigenvalue weighted by Crippen LogP contribution is -1.99. The third-order valence-electron chi connectivity index (χ3n) is 1.87. The Morgan fingerprint density at radius 2 is 2.21 bits per heavy atom. The van der Waals surface area contributed by atoms with Crippen molar-refractivity contribution >= 4 is 28.9 Å². The summed E-state index contributed by atoms with van der Waals surface area (Å²) in [4.78, 5) is 13.9. The van der Waals surface area contributed by atoms with E-state index in [2.05, 4.69) is 19.9 Å². The van der Waals surface area contributed by atoms with E-state index in [-0.39, 0.29) is 5.78 Å². The van der Waals surface area contributed by atoms with E-state index in [1.165, 1.54) is 4.88 Å². The molecule has 0 amide bonds. The standard InChI is InChI=1S/C11H16OS2/c1-3-7-13-8-10(12)11-6-5-9(4-2)14-11/h5-6H,3-4,7-8H2,1-2H3. The number of ketones is 1. The van der Waals surface area contributed by atoms with Gasteiger partial charge in [-0.15, -0.1) is 11.3 Å². The molecule has 1 rings (SSSR count). The highest BCUT2D eigenvalue weighted by molar-refractivity contribution is 7.99. The second-order valence-corrected chi connectivity index (χ2v) is 5.37. The van der Waals surface area contributed by atoms with Crippen molar-refractivity contribution in [3.63, 3.8) is 0 Å². The maximum absolute atomic E-state index is 11.6. The van der Waals surface area contributed by atoms with Crippen molar-refractivity contribution in [1.29, 1.82) is 0 Å². The Morgan fingerprint density at radius 1 is 1.43 bits per heavy atom. The van der Waals surface area contributed by atoms with E-state index in [1.54, 1.807) is 23.1 Å². The molecule has 14 heavy (non-hydrogen) atoms. The molecule has 1 nitrogen and oxygen atoms in total. The lowest BCUT2D eigenvalue weighted by Gasteiger charge is -1.96. The molecule has 0 aliphatic rings. The van der Waals surface area contributed by atoms with Gasteiger partial charge in [-0.3, -0.25) is 4.79 Å². The van der Waals surface area contributed by atoms with Gasteiger partial charge in [0.15, 0.2) is 5.78 Å². The summed E-state index contributed by atoms with van der Waals surface area (Å²) in [6.07, 6.45) is 2.17. The Morgan fingerprint density at radius 3 is 2.79 bits per heavy atom. The van der Waals surface area contributed by atoms with E-state index in [0.717, 1.165) is 23.5 Å². The minimum absolute atomic E-state index is 0.285. The first kappa shape index (κ1) is 11.8. The van der Waals surface area contributed by atoms with Gasteiger partial charge in [-0.05, 0) is 30.7 Å². The molecule has 0 saturated heterocycles. The summed E-state index contributed by atoms with van der Waals surface area (Å²) >= 11 is 3.37. The maximum atomic E-state index is 11.6. The van der Waals surface area contributed by atoms with Crippen LogP contribution in [0.1, 0.15) is 34.8 Å². The molecule has 1 aromatic rings. The first-order valence-electron chi connectivity index (χ1n) is 4.97. The second-order valence-electron chi connectivity index (χ2n) is 3.10. The zero-order chi connectivity index (χ0) is 10.4. The molecule has 3 heteroatoms. The van der Waals surface area contributed by atoms with E-state index >= 15 is 0 Å². The van der Waals surface area contributed by atoms with Crippen LogP contribution in [-0.4, -0.2) is 17.3 Å². The summed E-state index contributed by atoms with van der Waals surface area (Å²) in [7, 11) is 0. The lowest BCUT2D eigenvalue weighted by atomic mass is 10.3. The van der Waals surface area contributed by atoms with Crippen molar-refractivity contribution in [3.8, 4) is 0 Å². The van der Waals surface area contributed by atoms with Crippen molar-refractivity contribution < 1.29 is 4.79 Å². The topological polar surface area (TPSA) is 17.1 Å². The third-order valence-corrected chi connectivity index (χ3v) is 4.30. The van der Waals surface area contributed by atoms with Gasteiger partial charge in [-0.2, -0.15) is 11.8 Å². The zero-order valence-electron chi connectivity index (χ0n) is 8.71. The predicted molar refractivity (Wildman–Crippen MR) is 65.6 cm³/mol. The molecule has 0 spiro atoms. The van der Waals surface area contributed by atoms with Gasteiger partial charge in [0, 0.05) is 4.88 Å². The van der Waals surface area contributed by atoms with Gasteiger partial charge in [0.2, 0.25) is 0 Å². The van der Waals surface area contributed by atoms with Gasteiger partial charge in [0.1, 0.15) is 0 Å². The van der Waals surface area contributed by atoms with Crippen LogP contribution in [0.25, 0.3) is 0 Å². The SMILES string of the molecule is CCCSCC(=O)c1ccc(CC)s1. The monoisotopic (exact) mass is 228 g/mol. The van der Waals surface area contributed by atoms with Crippen molar-refractivity contribution in [1.82, 2.24) is 0 Å². The van der Waals surface area contributed by atoms with Crippen molar-refractivity contribution in [2.24, 2.45) is 0 Å². The number of hydrogen-bond donors (Lipinski definition) is 0. The fraction of sp³-hybridized carbons (Fsp3) is 0.545. The number of hydrogen-bond acceptors (Lipinski definition) is 3. The Balaban J connectivity index is 2.44. The van der Waals surface area contributed by atoms with Crippen LogP contribution in [0.15, 0.2) is 12.1 Å². The summed E-state index contributed by atoms with van der Waals surface area (Å²) in [6, 6.07) is 4.01. The van der Waals surface area contributed by atoms with Gasteiger partial charge in [0.25, 0.3) is 0 Å². The van der Waals surface area contributed by atoms with Crippen LogP contribution in [0.4, 0.5) is 0 Å². The van der Waals surface area contributed by atoms with E-state index in [1.807, 2.05) is 6.07 Å². The predicted octanol–water partition coefficient (Wildman–Crippen LogP) is 3.64. The number of aryl methyl sites for hydroxylation is 1. The van der Waals surface area contributed by atoms with Crippen LogP contribution in [-0.2, 0) is 6.42 Å². The first-order chi connectivity index (χ1) is 6.77. The summed E-state index contributed by atoms with van der Waals surface area (Å²) in [5.74, 6) is 2.00. The van der Waals surface area contributed by atoms with E-state index in [9.17, 15) is 4.79 Å². The van der Waals surface area contributed by atoms with Crippen molar-refractivity contribution in [3.05, 3.63) is 21.9 Å². The van der Waals surface area contributed by atoms with Crippen LogP contribution in [0.5, 0.6) is 0 Å². The molecule has 0 unspecified atom stereocenters. The Bertz CT molecular complexity index is 291. The summed E-state index contributed by atoms with van der Waals surface area (Å²) in [5.41, 5.74) is 0. The smallest absolute Gasteiger partial charge is 0.182 e. The minimum atomic E-state index is 0.285. The van der Waals surface area contributed by atoms with E-state index in [4.69, 9.17) is 0 Å². The second kappa shape index (κ2) is 6.25. The maximum Gasteiger partial charge on any atom is 0.182 e. The molecule has 0 atom stereocenters. The molecular weight excluding hydrogens is 212 g/mol. The van der Waals surface area contributed by atoms with Crippen LogP contribution in [0.3, 0.4) is 0 Å². The number of carbonyl (C=O) groups excluding carboxylic acids is 1. The zero-order valence-corrected chi connectivity index (χ0v) is 10.3. The molecule has 0 N–H and O–H groups in total. The fourth-order valence-corrected chi connectivity index (χ4v) is 2.85. The molecule has 0 aliphatic carbocycles. The summed E-state index contributed by atoms with van der Waals surface area (Å²) < 4.78 is 0. The highest BCUT2D eigenvalue weighted by Gasteiger charge is 2.08. The molecule has 0 radical (unpaired) electrons. The molecule has 78 valence electrons. The summed E-state index contributed by atoms with van der Waals surface area (Å²) in [5, 5.41) is 0. The van der Waals surface area contributed by atoms with Crippen molar-refractivity contribution in [2.75, 3.05) is 11.5 Å². The molecule has 0 saturated carbocycles. The lowest BCUT2D eigenvalue weighted by molar-refractivity contribution is 0.102. The fourth-order valence-electron chi connectivity index (χ4n) is 1.10. The number of thioether (sulfide) groups is 1. The molecule has 0 aliphatic heterocycles. The number of rotatable bonds is 6. The average molecular weight is 228 g/mol. The quantitative estimate of drug-likeness (QED) is 0.546. The van der Waals surface area contributed by atoms with Gasteiger partial charge in [-0.25, -0.2) is 0 Å². The number of carbonyl (C=O) groups is 1. The normalized spacial score (nSPS) is 10.4. The summed E-state index contributed by atoms with van der Waals surface area (Å²) in [6.45, 7) is 4.25. The Hall–Kier alpha value is -0.280. The van der Waals surface area contributed by atoms with E-state index in [0.29, 0.717) is 5.75 Å². The molecule has 1 heterocycles. The first-order valence-corrected chi connectivity index (χ1v) is 6.94. The van der Waals surface area contributed by atoms with Crippen molar-refractivity contribution in [2.45, 2.75) is 26.7 Å². The minimum Gasteiger partial charge on any atom is -0.292 e. The third kappa shape index (κ3) is 3.46. The molecule has 0 fully saturated rings. The number of Topliss-reactive ketones (excluding diaryl/α,β-unsaturated/α-hetero) is 1.